The predicted molar refractivity (Wildman–Crippen MR) is 104 cm³/mol. The molecule has 0 radical (unpaired) electrons. The third-order valence-corrected chi connectivity index (χ3v) is 3.54. The van der Waals surface area contributed by atoms with Crippen LogP contribution >= 0.6 is 12.4 Å². The molecule has 0 aliphatic carbocycles. The van der Waals surface area contributed by atoms with Crippen LogP contribution < -0.4 is 16.0 Å². The fourth-order valence-corrected chi connectivity index (χ4v) is 2.31. The highest BCUT2D eigenvalue weighted by molar-refractivity contribution is 6.09. The van der Waals surface area contributed by atoms with E-state index in [-0.39, 0.29) is 24.2 Å². The zero-order chi connectivity index (χ0) is 17.4. The molecular formula is C19H24ClN3O2. The number of aryl methyl sites for hydroxylation is 1. The van der Waals surface area contributed by atoms with Gasteiger partial charge in [-0.25, -0.2) is 0 Å². The fourth-order valence-electron chi connectivity index (χ4n) is 2.31. The number of amides is 2. The lowest BCUT2D eigenvalue weighted by Crippen LogP contribution is -2.32. The second-order valence-corrected chi connectivity index (χ2v) is 5.48. The topological polar surface area (TPSA) is 70.2 Å². The van der Waals surface area contributed by atoms with E-state index < -0.39 is 0 Å². The van der Waals surface area contributed by atoms with Crippen molar-refractivity contribution in [2.75, 3.05) is 25.0 Å². The minimum Gasteiger partial charge on any atom is -0.351 e. The van der Waals surface area contributed by atoms with Crippen LogP contribution in [0, 0.1) is 6.92 Å². The SMILES string of the molecule is CCNCCNC(=O)c1ccccc1NC(=O)c1cccc(C)c1.Cl. The summed E-state index contributed by atoms with van der Waals surface area (Å²) >= 11 is 0. The Labute approximate surface area is 154 Å². The molecule has 0 aliphatic rings. The van der Waals surface area contributed by atoms with E-state index in [1.54, 1.807) is 30.3 Å². The summed E-state index contributed by atoms with van der Waals surface area (Å²) in [6.07, 6.45) is 0. The second kappa shape index (κ2) is 10.5. The van der Waals surface area contributed by atoms with Gasteiger partial charge in [0.25, 0.3) is 11.8 Å². The Bertz CT molecular complexity index is 719. The first-order valence-corrected chi connectivity index (χ1v) is 8.07. The lowest BCUT2D eigenvalue weighted by molar-refractivity contribution is 0.0955. The first-order chi connectivity index (χ1) is 11.6. The molecule has 25 heavy (non-hydrogen) atoms. The summed E-state index contributed by atoms with van der Waals surface area (Å²) in [4.78, 5) is 24.7. The Balaban J connectivity index is 0.00000312. The molecule has 3 N–H and O–H groups in total. The van der Waals surface area contributed by atoms with Gasteiger partial charge < -0.3 is 16.0 Å². The molecule has 0 heterocycles. The number of benzene rings is 2. The van der Waals surface area contributed by atoms with Crippen LogP contribution in [-0.2, 0) is 0 Å². The van der Waals surface area contributed by atoms with Crippen molar-refractivity contribution in [1.29, 1.82) is 0 Å². The molecule has 0 fully saturated rings. The Kier molecular flexibility index (Phi) is 8.67. The minimum atomic E-state index is -0.230. The largest absolute Gasteiger partial charge is 0.351 e. The van der Waals surface area contributed by atoms with Crippen LogP contribution in [0.2, 0.25) is 0 Å². The molecule has 2 aromatic carbocycles. The third kappa shape index (κ3) is 6.21. The van der Waals surface area contributed by atoms with Crippen molar-refractivity contribution in [3.63, 3.8) is 0 Å². The average molecular weight is 362 g/mol. The van der Waals surface area contributed by atoms with Crippen LogP contribution in [0.25, 0.3) is 0 Å². The van der Waals surface area contributed by atoms with E-state index in [0.717, 1.165) is 12.1 Å². The highest BCUT2D eigenvalue weighted by Gasteiger charge is 2.13. The van der Waals surface area contributed by atoms with Crippen LogP contribution in [0.3, 0.4) is 0 Å². The lowest BCUT2D eigenvalue weighted by atomic mass is 10.1. The van der Waals surface area contributed by atoms with Gasteiger partial charge in [0.05, 0.1) is 11.3 Å². The van der Waals surface area contributed by atoms with E-state index in [2.05, 4.69) is 16.0 Å². The average Bonchev–Trinajstić information content (AvgIpc) is 2.59. The Morgan fingerprint density at radius 1 is 0.960 bits per heavy atom. The first kappa shape index (κ1) is 20.7. The number of carbonyl (C=O) groups is 2. The molecule has 2 amide bonds. The van der Waals surface area contributed by atoms with Gasteiger partial charge in [-0.2, -0.15) is 0 Å². The maximum Gasteiger partial charge on any atom is 0.255 e. The van der Waals surface area contributed by atoms with E-state index >= 15 is 0 Å². The van der Waals surface area contributed by atoms with Crippen molar-refractivity contribution in [2.45, 2.75) is 13.8 Å². The molecule has 0 bridgehead atoms. The maximum atomic E-state index is 12.4. The zero-order valence-electron chi connectivity index (χ0n) is 14.5. The van der Waals surface area contributed by atoms with Gasteiger partial charge in [-0.05, 0) is 37.7 Å². The number of hydrogen-bond acceptors (Lipinski definition) is 3. The monoisotopic (exact) mass is 361 g/mol. The summed E-state index contributed by atoms with van der Waals surface area (Å²) in [5.41, 5.74) is 2.54. The molecule has 2 aromatic rings. The molecule has 0 atom stereocenters. The standard InChI is InChI=1S/C19H23N3O2.ClH/c1-3-20-11-12-21-19(24)16-9-4-5-10-17(16)22-18(23)15-8-6-7-14(2)13-15;/h4-10,13,20H,3,11-12H2,1-2H3,(H,21,24)(H,22,23);1H. The molecule has 0 saturated carbocycles. The van der Waals surface area contributed by atoms with Crippen molar-refractivity contribution in [2.24, 2.45) is 0 Å². The quantitative estimate of drug-likeness (QED) is 0.664. The van der Waals surface area contributed by atoms with Gasteiger partial charge in [0, 0.05) is 18.7 Å². The molecule has 0 spiro atoms. The Hall–Kier alpha value is -2.37. The van der Waals surface area contributed by atoms with Gasteiger partial charge in [0.15, 0.2) is 0 Å². The van der Waals surface area contributed by atoms with Crippen LogP contribution in [0.15, 0.2) is 48.5 Å². The third-order valence-electron chi connectivity index (χ3n) is 3.54. The lowest BCUT2D eigenvalue weighted by Gasteiger charge is -2.12. The van der Waals surface area contributed by atoms with Gasteiger partial charge in [0.1, 0.15) is 0 Å². The number of anilines is 1. The van der Waals surface area contributed by atoms with Gasteiger partial charge in [-0.15, -0.1) is 12.4 Å². The Morgan fingerprint density at radius 3 is 2.44 bits per heavy atom. The number of carbonyl (C=O) groups excluding carboxylic acids is 2. The molecule has 0 aliphatic heterocycles. The van der Waals surface area contributed by atoms with Crippen molar-refractivity contribution < 1.29 is 9.59 Å². The summed E-state index contributed by atoms with van der Waals surface area (Å²) in [6.45, 7) is 6.05. The number of hydrogen-bond donors (Lipinski definition) is 3. The highest BCUT2D eigenvalue weighted by atomic mass is 35.5. The van der Waals surface area contributed by atoms with Gasteiger partial charge in [0.2, 0.25) is 0 Å². The zero-order valence-corrected chi connectivity index (χ0v) is 15.3. The van der Waals surface area contributed by atoms with Crippen molar-refractivity contribution in [1.82, 2.24) is 10.6 Å². The molecule has 134 valence electrons. The number of rotatable bonds is 7. The normalized spacial score (nSPS) is 9.84. The van der Waals surface area contributed by atoms with Gasteiger partial charge in [-0.1, -0.05) is 36.8 Å². The van der Waals surface area contributed by atoms with Crippen LogP contribution in [0.1, 0.15) is 33.2 Å². The van der Waals surface area contributed by atoms with E-state index in [1.807, 2.05) is 32.0 Å². The van der Waals surface area contributed by atoms with Crippen molar-refractivity contribution in [3.8, 4) is 0 Å². The second-order valence-electron chi connectivity index (χ2n) is 5.48. The summed E-state index contributed by atoms with van der Waals surface area (Å²) in [6, 6.07) is 14.3. The Morgan fingerprint density at radius 2 is 1.72 bits per heavy atom. The molecule has 0 saturated heterocycles. The summed E-state index contributed by atoms with van der Waals surface area (Å²) in [5, 5.41) is 8.81. The number of para-hydroxylation sites is 1. The van der Waals surface area contributed by atoms with Crippen molar-refractivity contribution >= 4 is 29.9 Å². The van der Waals surface area contributed by atoms with E-state index in [4.69, 9.17) is 0 Å². The molecule has 0 aromatic heterocycles. The van der Waals surface area contributed by atoms with Crippen molar-refractivity contribution in [3.05, 3.63) is 65.2 Å². The summed E-state index contributed by atoms with van der Waals surface area (Å²) in [5.74, 6) is -0.431. The van der Waals surface area contributed by atoms with E-state index in [9.17, 15) is 9.59 Å². The van der Waals surface area contributed by atoms with E-state index in [1.165, 1.54) is 0 Å². The maximum absolute atomic E-state index is 12.4. The molecule has 6 heteroatoms. The van der Waals surface area contributed by atoms with E-state index in [0.29, 0.717) is 29.9 Å². The van der Waals surface area contributed by atoms with Crippen LogP contribution in [-0.4, -0.2) is 31.4 Å². The molecule has 5 nitrogen and oxygen atoms in total. The first-order valence-electron chi connectivity index (χ1n) is 8.07. The summed E-state index contributed by atoms with van der Waals surface area (Å²) < 4.78 is 0. The van der Waals surface area contributed by atoms with Crippen LogP contribution in [0.5, 0.6) is 0 Å². The molecule has 2 rings (SSSR count). The fraction of sp³-hybridized carbons (Fsp3) is 0.263. The molecular weight excluding hydrogens is 338 g/mol. The number of likely N-dealkylation sites (N-methyl/N-ethyl adjacent to an activating group) is 1. The van der Waals surface area contributed by atoms with Crippen LogP contribution in [0.4, 0.5) is 5.69 Å². The number of halogens is 1. The van der Waals surface area contributed by atoms with Gasteiger partial charge in [-0.3, -0.25) is 9.59 Å². The minimum absolute atomic E-state index is 0. The number of nitrogens with one attached hydrogen (secondary N) is 3. The summed E-state index contributed by atoms with van der Waals surface area (Å²) in [7, 11) is 0. The smallest absolute Gasteiger partial charge is 0.255 e. The molecule has 0 unspecified atom stereocenters. The predicted octanol–water partition coefficient (Wildman–Crippen LogP) is 3.01. The highest BCUT2D eigenvalue weighted by Crippen LogP contribution is 2.16. The van der Waals surface area contributed by atoms with Gasteiger partial charge >= 0.3 is 0 Å².